The van der Waals surface area contributed by atoms with Crippen LogP contribution in [0.3, 0.4) is 0 Å². The van der Waals surface area contributed by atoms with Crippen LogP contribution in [0.4, 0.5) is 0 Å². The van der Waals surface area contributed by atoms with Crippen molar-refractivity contribution in [1.29, 1.82) is 0 Å². The monoisotopic (exact) mass is 493 g/mol. The van der Waals surface area contributed by atoms with E-state index in [0.29, 0.717) is 0 Å². The van der Waals surface area contributed by atoms with Crippen LogP contribution in [-0.4, -0.2) is 4.98 Å². The quantitative estimate of drug-likeness (QED) is 0.212. The van der Waals surface area contributed by atoms with Crippen molar-refractivity contribution >= 4 is 33.5 Å². The number of para-hydroxylation sites is 1. The largest absolute Gasteiger partial charge is 0.357 e. The van der Waals surface area contributed by atoms with E-state index in [2.05, 4.69) is 52.7 Å². The molecular formula is C26H40IN. The molecule has 1 aliphatic rings. The number of H-pyrrole nitrogens is 1. The van der Waals surface area contributed by atoms with Gasteiger partial charge in [0.15, 0.2) is 0 Å². The number of hydrogen-bond donors (Lipinski definition) is 1. The molecule has 0 spiro atoms. The van der Waals surface area contributed by atoms with Crippen molar-refractivity contribution in [3.8, 4) is 0 Å². The highest BCUT2D eigenvalue weighted by atomic mass is 127. The third-order valence-corrected chi connectivity index (χ3v) is 7.64. The molecule has 2 heteroatoms. The van der Waals surface area contributed by atoms with Crippen LogP contribution in [0.25, 0.3) is 10.9 Å². The molecule has 0 radical (unpaired) electrons. The summed E-state index contributed by atoms with van der Waals surface area (Å²) < 4.78 is 1.36. The number of hydrogen-bond acceptors (Lipinski definition) is 0. The van der Waals surface area contributed by atoms with E-state index in [9.17, 15) is 0 Å². The van der Waals surface area contributed by atoms with Gasteiger partial charge in [-0.15, -0.1) is 0 Å². The number of fused-ring (bicyclic) bond motifs is 3. The summed E-state index contributed by atoms with van der Waals surface area (Å²) in [7, 11) is 0. The molecule has 0 saturated heterocycles. The molecule has 2 aromatic rings. The van der Waals surface area contributed by atoms with Gasteiger partial charge in [-0.1, -0.05) is 103 Å². The van der Waals surface area contributed by atoms with Gasteiger partial charge in [-0.3, -0.25) is 0 Å². The number of aromatic nitrogens is 1. The van der Waals surface area contributed by atoms with E-state index >= 15 is 0 Å². The van der Waals surface area contributed by atoms with E-state index in [4.69, 9.17) is 0 Å². The number of nitrogens with one attached hydrogen (secondary N) is 1. The first-order valence-corrected chi connectivity index (χ1v) is 13.2. The van der Waals surface area contributed by atoms with E-state index in [0.717, 1.165) is 5.92 Å². The fourth-order valence-corrected chi connectivity index (χ4v) is 5.63. The average molecular weight is 494 g/mol. The Kier molecular flexibility index (Phi) is 9.70. The first kappa shape index (κ1) is 22.2. The normalized spacial score (nSPS) is 16.6. The Morgan fingerprint density at radius 1 is 0.893 bits per heavy atom. The summed E-state index contributed by atoms with van der Waals surface area (Å²) in [6.45, 7) is 2.30. The van der Waals surface area contributed by atoms with Crippen LogP contribution >= 0.6 is 22.6 Å². The summed E-state index contributed by atoms with van der Waals surface area (Å²) in [4.78, 5) is 3.71. The molecule has 1 nitrogen and oxygen atoms in total. The van der Waals surface area contributed by atoms with Crippen molar-refractivity contribution < 1.29 is 0 Å². The molecule has 0 bridgehead atoms. The Bertz CT molecular complexity index is 702. The van der Waals surface area contributed by atoms with Crippen LogP contribution in [0.5, 0.6) is 0 Å². The van der Waals surface area contributed by atoms with Crippen molar-refractivity contribution in [3.05, 3.63) is 33.0 Å². The van der Waals surface area contributed by atoms with E-state index in [1.165, 1.54) is 123 Å². The van der Waals surface area contributed by atoms with Crippen LogP contribution in [0.2, 0.25) is 0 Å². The third-order valence-electron chi connectivity index (χ3n) is 6.74. The van der Waals surface area contributed by atoms with E-state index < -0.39 is 0 Å². The van der Waals surface area contributed by atoms with Crippen LogP contribution in [-0.2, 0) is 12.8 Å². The third kappa shape index (κ3) is 6.50. The second-order valence-corrected chi connectivity index (χ2v) is 10.2. The molecule has 0 amide bonds. The Balaban J connectivity index is 1.26. The highest BCUT2D eigenvalue weighted by Crippen LogP contribution is 2.35. The molecule has 28 heavy (non-hydrogen) atoms. The molecule has 3 rings (SSSR count). The van der Waals surface area contributed by atoms with Gasteiger partial charge in [-0.05, 0) is 59.4 Å². The minimum Gasteiger partial charge on any atom is -0.357 e. The predicted molar refractivity (Wildman–Crippen MR) is 132 cm³/mol. The molecule has 1 aromatic heterocycles. The Morgan fingerprint density at radius 3 is 2.21 bits per heavy atom. The summed E-state index contributed by atoms with van der Waals surface area (Å²) in [5.41, 5.74) is 4.52. The number of halogens is 1. The molecule has 0 saturated carbocycles. The van der Waals surface area contributed by atoms with Gasteiger partial charge in [-0.2, -0.15) is 0 Å². The molecular weight excluding hydrogens is 453 g/mol. The van der Waals surface area contributed by atoms with Gasteiger partial charge in [0, 0.05) is 14.7 Å². The standard InChI is InChI=1S/C26H40IN/c1-2-3-4-5-6-7-8-9-10-11-12-13-15-21-18-19-25-23(20-21)22-16-14-17-24(27)26(22)28-25/h14,16-17,21,28H,2-13,15,18-20H2,1H3. The minimum atomic E-state index is 0.910. The van der Waals surface area contributed by atoms with Crippen LogP contribution < -0.4 is 0 Å². The van der Waals surface area contributed by atoms with Gasteiger partial charge in [-0.25, -0.2) is 0 Å². The maximum atomic E-state index is 3.71. The molecule has 1 aliphatic carbocycles. The first-order valence-electron chi connectivity index (χ1n) is 12.1. The summed E-state index contributed by atoms with van der Waals surface area (Å²) in [6, 6.07) is 6.75. The number of aromatic amines is 1. The lowest BCUT2D eigenvalue weighted by Crippen LogP contribution is -2.13. The second-order valence-electron chi connectivity index (χ2n) is 9.03. The minimum absolute atomic E-state index is 0.910. The van der Waals surface area contributed by atoms with Crippen molar-refractivity contribution in [2.75, 3.05) is 0 Å². The Hall–Kier alpha value is -0.510. The molecule has 1 unspecified atom stereocenters. The van der Waals surface area contributed by atoms with Crippen molar-refractivity contribution in [2.24, 2.45) is 5.92 Å². The van der Waals surface area contributed by atoms with Crippen molar-refractivity contribution in [2.45, 2.75) is 110 Å². The van der Waals surface area contributed by atoms with Crippen LogP contribution in [0.15, 0.2) is 18.2 Å². The maximum Gasteiger partial charge on any atom is 0.0594 e. The van der Waals surface area contributed by atoms with E-state index in [1.54, 1.807) is 5.56 Å². The lowest BCUT2D eigenvalue weighted by molar-refractivity contribution is 0.403. The lowest BCUT2D eigenvalue weighted by atomic mass is 9.83. The van der Waals surface area contributed by atoms with Gasteiger partial charge in [0.25, 0.3) is 0 Å². The summed E-state index contributed by atoms with van der Waals surface area (Å²) in [5.74, 6) is 0.910. The summed E-state index contributed by atoms with van der Waals surface area (Å²) in [6.07, 6.45) is 22.8. The molecule has 0 aliphatic heterocycles. The van der Waals surface area contributed by atoms with Crippen LogP contribution in [0, 0.1) is 9.49 Å². The highest BCUT2D eigenvalue weighted by Gasteiger charge is 2.22. The summed E-state index contributed by atoms with van der Waals surface area (Å²) in [5, 5.41) is 1.49. The average Bonchev–Trinajstić information content (AvgIpc) is 3.08. The van der Waals surface area contributed by atoms with Gasteiger partial charge >= 0.3 is 0 Å². The predicted octanol–water partition coefficient (Wildman–Crippen LogP) is 8.97. The van der Waals surface area contributed by atoms with Gasteiger partial charge in [0.05, 0.1) is 5.52 Å². The number of benzene rings is 1. The van der Waals surface area contributed by atoms with E-state index in [1.807, 2.05) is 0 Å². The highest BCUT2D eigenvalue weighted by molar-refractivity contribution is 14.1. The first-order chi connectivity index (χ1) is 13.8. The summed E-state index contributed by atoms with van der Waals surface area (Å²) >= 11 is 2.47. The molecule has 1 N–H and O–H groups in total. The van der Waals surface area contributed by atoms with Gasteiger partial charge < -0.3 is 4.98 Å². The fourth-order valence-electron chi connectivity index (χ4n) is 5.00. The van der Waals surface area contributed by atoms with E-state index in [-0.39, 0.29) is 0 Å². The molecule has 156 valence electrons. The fraction of sp³-hybridized carbons (Fsp3) is 0.692. The molecule has 1 atom stereocenters. The molecule has 0 fully saturated rings. The van der Waals surface area contributed by atoms with Crippen molar-refractivity contribution in [1.82, 2.24) is 4.98 Å². The molecule has 1 aromatic carbocycles. The lowest BCUT2D eigenvalue weighted by Gasteiger charge is -2.22. The van der Waals surface area contributed by atoms with Crippen molar-refractivity contribution in [3.63, 3.8) is 0 Å². The number of aryl methyl sites for hydroxylation is 1. The maximum absolute atomic E-state index is 3.71. The zero-order valence-electron chi connectivity index (χ0n) is 18.0. The molecule has 1 heterocycles. The zero-order chi connectivity index (χ0) is 19.6. The zero-order valence-corrected chi connectivity index (χ0v) is 20.2. The number of unbranched alkanes of at least 4 members (excludes halogenated alkanes) is 11. The Morgan fingerprint density at radius 2 is 1.54 bits per heavy atom. The SMILES string of the molecule is CCCCCCCCCCCCCCC1CCc2[nH]c3c(I)cccc3c2C1. The Labute approximate surface area is 186 Å². The second kappa shape index (κ2) is 12.2. The smallest absolute Gasteiger partial charge is 0.0594 e. The van der Waals surface area contributed by atoms with Gasteiger partial charge in [0.2, 0.25) is 0 Å². The number of rotatable bonds is 13. The van der Waals surface area contributed by atoms with Crippen LogP contribution in [0.1, 0.15) is 108 Å². The van der Waals surface area contributed by atoms with Gasteiger partial charge in [0.1, 0.15) is 0 Å². The topological polar surface area (TPSA) is 15.8 Å².